The Balaban J connectivity index is 2.20. The highest BCUT2D eigenvalue weighted by atomic mass is 35.5. The van der Waals surface area contributed by atoms with Crippen molar-refractivity contribution in [2.24, 2.45) is 0 Å². The van der Waals surface area contributed by atoms with Gasteiger partial charge in [0.15, 0.2) is 0 Å². The van der Waals surface area contributed by atoms with Gasteiger partial charge in [0.05, 0.1) is 11.6 Å². The number of hydrogen-bond donors (Lipinski definition) is 1. The number of aliphatic hydroxyl groups is 1. The van der Waals surface area contributed by atoms with E-state index in [1.54, 1.807) is 6.20 Å². The first-order chi connectivity index (χ1) is 7.31. The summed E-state index contributed by atoms with van der Waals surface area (Å²) in [5, 5.41) is 9.64. The minimum absolute atomic E-state index is 0.0308. The highest BCUT2D eigenvalue weighted by Crippen LogP contribution is 2.22. The fourth-order valence-electron chi connectivity index (χ4n) is 1.55. The minimum Gasteiger partial charge on any atom is -0.392 e. The number of thioether (sulfide) groups is 1. The highest BCUT2D eigenvalue weighted by molar-refractivity contribution is 7.99. The Kier molecular flexibility index (Phi) is 3.72. The van der Waals surface area contributed by atoms with Crippen molar-refractivity contribution in [1.29, 1.82) is 0 Å². The third-order valence-electron chi connectivity index (χ3n) is 2.43. The lowest BCUT2D eigenvalue weighted by Gasteiger charge is -2.27. The van der Waals surface area contributed by atoms with E-state index in [2.05, 4.69) is 9.88 Å². The Labute approximate surface area is 98.5 Å². The van der Waals surface area contributed by atoms with Crippen molar-refractivity contribution < 1.29 is 5.11 Å². The van der Waals surface area contributed by atoms with Gasteiger partial charge >= 0.3 is 0 Å². The molecule has 2 heterocycles. The van der Waals surface area contributed by atoms with Gasteiger partial charge < -0.3 is 10.0 Å². The van der Waals surface area contributed by atoms with Crippen molar-refractivity contribution in [3.63, 3.8) is 0 Å². The smallest absolute Gasteiger partial charge is 0.128 e. The average molecular weight is 245 g/mol. The van der Waals surface area contributed by atoms with Crippen LogP contribution in [0.4, 0.5) is 5.82 Å². The van der Waals surface area contributed by atoms with Crippen molar-refractivity contribution in [2.45, 2.75) is 6.61 Å². The van der Waals surface area contributed by atoms with Crippen LogP contribution in [-0.4, -0.2) is 34.7 Å². The van der Waals surface area contributed by atoms with E-state index in [1.165, 1.54) is 0 Å². The molecule has 1 aliphatic heterocycles. The van der Waals surface area contributed by atoms with Crippen LogP contribution in [-0.2, 0) is 6.61 Å². The maximum absolute atomic E-state index is 9.11. The van der Waals surface area contributed by atoms with Crippen molar-refractivity contribution in [3.8, 4) is 0 Å². The predicted octanol–water partition coefficient (Wildman–Crippen LogP) is 1.78. The molecule has 82 valence electrons. The Hall–Kier alpha value is -0.450. The molecule has 3 nitrogen and oxygen atoms in total. The average Bonchev–Trinajstić information content (AvgIpc) is 2.31. The van der Waals surface area contributed by atoms with Gasteiger partial charge in [0.25, 0.3) is 0 Å². The van der Waals surface area contributed by atoms with Gasteiger partial charge in [0.2, 0.25) is 0 Å². The maximum atomic E-state index is 9.11. The Morgan fingerprint density at radius 1 is 1.47 bits per heavy atom. The van der Waals surface area contributed by atoms with Crippen LogP contribution in [0, 0.1) is 0 Å². The molecule has 1 aromatic heterocycles. The molecule has 0 radical (unpaired) electrons. The Morgan fingerprint density at radius 3 is 2.87 bits per heavy atom. The van der Waals surface area contributed by atoms with Gasteiger partial charge in [-0.05, 0) is 6.07 Å². The topological polar surface area (TPSA) is 36.4 Å². The molecule has 1 saturated heterocycles. The molecule has 15 heavy (non-hydrogen) atoms. The number of rotatable bonds is 2. The van der Waals surface area contributed by atoms with E-state index >= 15 is 0 Å². The molecule has 0 amide bonds. The SMILES string of the molecule is OCc1cc(N2CCSCC2)ncc1Cl. The second-order valence-electron chi connectivity index (χ2n) is 3.39. The number of aromatic nitrogens is 1. The summed E-state index contributed by atoms with van der Waals surface area (Å²) in [5.74, 6) is 3.20. The van der Waals surface area contributed by atoms with Crippen molar-refractivity contribution in [1.82, 2.24) is 4.98 Å². The lowest BCUT2D eigenvalue weighted by atomic mass is 10.2. The molecule has 1 aliphatic rings. The molecular weight excluding hydrogens is 232 g/mol. The normalized spacial score (nSPS) is 16.8. The molecule has 0 atom stereocenters. The second-order valence-corrected chi connectivity index (χ2v) is 5.02. The van der Waals surface area contributed by atoms with E-state index < -0.39 is 0 Å². The molecule has 0 bridgehead atoms. The summed E-state index contributed by atoms with van der Waals surface area (Å²) in [7, 11) is 0. The highest BCUT2D eigenvalue weighted by Gasteiger charge is 2.13. The number of nitrogens with zero attached hydrogens (tertiary/aromatic N) is 2. The largest absolute Gasteiger partial charge is 0.392 e. The summed E-state index contributed by atoms with van der Waals surface area (Å²) in [4.78, 5) is 6.51. The Bertz CT molecular complexity index is 342. The van der Waals surface area contributed by atoms with Gasteiger partial charge in [-0.25, -0.2) is 4.98 Å². The van der Waals surface area contributed by atoms with Gasteiger partial charge in [0.1, 0.15) is 5.82 Å². The minimum atomic E-state index is -0.0308. The second kappa shape index (κ2) is 5.05. The third-order valence-corrected chi connectivity index (χ3v) is 3.71. The Morgan fingerprint density at radius 2 is 2.20 bits per heavy atom. The standard InChI is InChI=1S/C10H13ClN2OS/c11-9-6-12-10(5-8(9)7-14)13-1-3-15-4-2-13/h5-6,14H,1-4,7H2. The van der Waals surface area contributed by atoms with E-state index in [0.717, 1.165) is 36.0 Å². The number of halogens is 1. The predicted molar refractivity (Wildman–Crippen MR) is 64.7 cm³/mol. The van der Waals surface area contributed by atoms with Crippen molar-refractivity contribution >= 4 is 29.2 Å². The van der Waals surface area contributed by atoms with Crippen LogP contribution in [0.2, 0.25) is 5.02 Å². The lowest BCUT2D eigenvalue weighted by molar-refractivity contribution is 0.282. The zero-order chi connectivity index (χ0) is 10.7. The molecular formula is C10H13ClN2OS. The molecule has 1 N–H and O–H groups in total. The van der Waals surface area contributed by atoms with E-state index in [4.69, 9.17) is 16.7 Å². The van der Waals surface area contributed by atoms with E-state index in [9.17, 15) is 0 Å². The summed E-state index contributed by atoms with van der Waals surface area (Å²) in [5.41, 5.74) is 0.750. The zero-order valence-electron chi connectivity index (χ0n) is 8.32. The fourth-order valence-corrected chi connectivity index (χ4v) is 2.62. The molecule has 0 spiro atoms. The van der Waals surface area contributed by atoms with Gasteiger partial charge in [-0.15, -0.1) is 0 Å². The summed E-state index contributed by atoms with van der Waals surface area (Å²) in [6, 6.07) is 1.87. The molecule has 0 saturated carbocycles. The monoisotopic (exact) mass is 244 g/mol. The van der Waals surface area contributed by atoms with E-state index in [-0.39, 0.29) is 6.61 Å². The number of aliphatic hydroxyl groups excluding tert-OH is 1. The van der Waals surface area contributed by atoms with Crippen LogP contribution in [0.1, 0.15) is 5.56 Å². The quantitative estimate of drug-likeness (QED) is 0.861. The first kappa shape index (κ1) is 11.0. The van der Waals surface area contributed by atoms with Gasteiger partial charge in [-0.3, -0.25) is 0 Å². The molecule has 2 rings (SSSR count). The van der Waals surface area contributed by atoms with Crippen LogP contribution in [0.25, 0.3) is 0 Å². The molecule has 1 fully saturated rings. The summed E-state index contributed by atoms with van der Waals surface area (Å²) in [6.07, 6.45) is 1.62. The molecule has 5 heteroatoms. The molecule has 0 aliphatic carbocycles. The van der Waals surface area contributed by atoms with Gasteiger partial charge in [-0.2, -0.15) is 11.8 Å². The zero-order valence-corrected chi connectivity index (χ0v) is 9.89. The van der Waals surface area contributed by atoms with Crippen LogP contribution >= 0.6 is 23.4 Å². The number of hydrogen-bond acceptors (Lipinski definition) is 4. The van der Waals surface area contributed by atoms with Gasteiger partial charge in [-0.1, -0.05) is 11.6 Å². The molecule has 1 aromatic rings. The van der Waals surface area contributed by atoms with Gasteiger partial charge in [0, 0.05) is 36.4 Å². The van der Waals surface area contributed by atoms with Crippen molar-refractivity contribution in [3.05, 3.63) is 22.8 Å². The number of anilines is 1. The van der Waals surface area contributed by atoms with Crippen LogP contribution in [0.3, 0.4) is 0 Å². The lowest BCUT2D eigenvalue weighted by Crippen LogP contribution is -2.33. The van der Waals surface area contributed by atoms with Crippen LogP contribution in [0.15, 0.2) is 12.3 Å². The number of pyridine rings is 1. The molecule has 0 unspecified atom stereocenters. The summed E-state index contributed by atoms with van der Waals surface area (Å²) < 4.78 is 0. The summed E-state index contributed by atoms with van der Waals surface area (Å²) in [6.45, 7) is 2.01. The first-order valence-corrected chi connectivity index (χ1v) is 6.42. The van der Waals surface area contributed by atoms with Crippen LogP contribution in [0.5, 0.6) is 0 Å². The van der Waals surface area contributed by atoms with E-state index in [1.807, 2.05) is 17.8 Å². The maximum Gasteiger partial charge on any atom is 0.128 e. The third kappa shape index (κ3) is 2.56. The fraction of sp³-hybridized carbons (Fsp3) is 0.500. The summed E-state index contributed by atoms with van der Waals surface area (Å²) >= 11 is 7.85. The van der Waals surface area contributed by atoms with Crippen LogP contribution < -0.4 is 4.90 Å². The van der Waals surface area contributed by atoms with E-state index in [0.29, 0.717) is 5.02 Å². The van der Waals surface area contributed by atoms with Crippen molar-refractivity contribution in [2.75, 3.05) is 29.5 Å². The first-order valence-electron chi connectivity index (χ1n) is 4.89. The molecule has 0 aromatic carbocycles.